The van der Waals surface area contributed by atoms with Crippen molar-refractivity contribution >= 4 is 7.82 Å². The SMILES string of the molecule is [N-]=[N+]=NNOP(=O)(O)O. The zero-order valence-corrected chi connectivity index (χ0v) is 4.89. The number of rotatable bonds is 3. The van der Waals surface area contributed by atoms with E-state index in [0.717, 1.165) is 0 Å². The van der Waals surface area contributed by atoms with Crippen LogP contribution in [0.15, 0.2) is 5.22 Å². The van der Waals surface area contributed by atoms with Gasteiger partial charge in [-0.2, -0.15) is 4.91 Å². The predicted octanol–water partition coefficient (Wildman–Crippen LogP) is -0.174. The molecule has 0 rings (SSSR count). The zero-order chi connectivity index (χ0) is 7.33. The average molecular weight is 154 g/mol. The third kappa shape index (κ3) is 7.22. The molecule has 0 saturated heterocycles. The molecule has 0 aliphatic carbocycles. The Kier molecular flexibility index (Phi) is 3.00. The topological polar surface area (TPSA) is 128 Å². The second-order valence-electron chi connectivity index (χ2n) is 0.863. The Morgan fingerprint density at radius 1 is 1.78 bits per heavy atom. The number of nitrogens with one attached hydrogen (secondary N) is 1. The molecule has 3 N–H and O–H groups in total. The van der Waals surface area contributed by atoms with E-state index in [1.807, 2.05) is 0 Å². The molecule has 0 aliphatic rings. The molecule has 0 aliphatic heterocycles. The van der Waals surface area contributed by atoms with Gasteiger partial charge in [0.05, 0.1) is 0 Å². The maximum Gasteiger partial charge on any atom is 0.508 e. The van der Waals surface area contributed by atoms with E-state index in [-0.39, 0.29) is 0 Å². The Morgan fingerprint density at radius 3 is 2.67 bits per heavy atom. The third-order valence-corrected chi connectivity index (χ3v) is 0.565. The van der Waals surface area contributed by atoms with Crippen molar-refractivity contribution in [3.05, 3.63) is 10.4 Å². The summed E-state index contributed by atoms with van der Waals surface area (Å²) in [4.78, 5) is 17.9. The van der Waals surface area contributed by atoms with E-state index in [2.05, 4.69) is 14.8 Å². The molecule has 0 heterocycles. The predicted molar refractivity (Wildman–Crippen MR) is 25.4 cm³/mol. The molecule has 0 aromatic heterocycles. The fraction of sp³-hybridized carbons (Fsp3) is 0. The lowest BCUT2D eigenvalue weighted by atomic mass is 12.6. The summed E-state index contributed by atoms with van der Waals surface area (Å²) in [6.45, 7) is 0. The molecular formula is H3N4O4P. The van der Waals surface area contributed by atoms with Crippen molar-refractivity contribution in [2.24, 2.45) is 5.22 Å². The summed E-state index contributed by atoms with van der Waals surface area (Å²) in [5.74, 6) is 0. The molecule has 0 saturated carbocycles. The third-order valence-electron chi connectivity index (χ3n) is 0.245. The van der Waals surface area contributed by atoms with Crippen LogP contribution in [0.25, 0.3) is 10.4 Å². The van der Waals surface area contributed by atoms with E-state index in [4.69, 9.17) is 15.3 Å². The van der Waals surface area contributed by atoms with Crippen molar-refractivity contribution in [3.8, 4) is 0 Å². The first-order chi connectivity index (χ1) is 4.06. The number of hydrogen-bond donors (Lipinski definition) is 3. The van der Waals surface area contributed by atoms with Gasteiger partial charge in [0, 0.05) is 5.22 Å². The molecule has 0 unspecified atom stereocenters. The van der Waals surface area contributed by atoms with Gasteiger partial charge in [-0.05, 0) is 0 Å². The fourth-order valence-electron chi connectivity index (χ4n) is 0.0897. The van der Waals surface area contributed by atoms with E-state index < -0.39 is 7.82 Å². The smallest absolute Gasteiger partial charge is 0.300 e. The highest BCUT2D eigenvalue weighted by Gasteiger charge is 2.15. The Labute approximate surface area is 49.2 Å². The molecule has 0 fully saturated rings. The van der Waals surface area contributed by atoms with E-state index in [1.165, 1.54) is 5.59 Å². The van der Waals surface area contributed by atoms with Crippen LogP contribution in [-0.4, -0.2) is 9.79 Å². The highest BCUT2D eigenvalue weighted by molar-refractivity contribution is 7.46. The molecule has 8 nitrogen and oxygen atoms in total. The van der Waals surface area contributed by atoms with Crippen LogP contribution in [0.4, 0.5) is 0 Å². The lowest BCUT2D eigenvalue weighted by Gasteiger charge is -1.95. The summed E-state index contributed by atoms with van der Waals surface area (Å²) in [7, 11) is -4.57. The fourth-order valence-corrected chi connectivity index (χ4v) is 0.233. The van der Waals surface area contributed by atoms with Gasteiger partial charge in [0.1, 0.15) is 0 Å². The number of nitrogens with zero attached hydrogens (tertiary/aromatic N) is 3. The molecule has 0 aromatic carbocycles. The maximum absolute atomic E-state index is 9.73. The van der Waals surface area contributed by atoms with Crippen LogP contribution in [0.5, 0.6) is 0 Å². The Morgan fingerprint density at radius 2 is 2.33 bits per heavy atom. The van der Waals surface area contributed by atoms with Gasteiger partial charge in [0.25, 0.3) is 0 Å². The summed E-state index contributed by atoms with van der Waals surface area (Å²) in [5.41, 5.74) is 8.85. The van der Waals surface area contributed by atoms with Crippen molar-refractivity contribution in [2.75, 3.05) is 0 Å². The first kappa shape index (κ1) is 8.22. The van der Waals surface area contributed by atoms with Crippen LogP contribution in [-0.2, 0) is 9.19 Å². The van der Waals surface area contributed by atoms with Crippen molar-refractivity contribution in [1.82, 2.24) is 5.59 Å². The molecule has 0 atom stereocenters. The minimum Gasteiger partial charge on any atom is -0.300 e. The lowest BCUT2D eigenvalue weighted by molar-refractivity contribution is 0.126. The first-order valence-corrected chi connectivity index (χ1v) is 3.12. The Hall–Kier alpha value is -0.780. The molecule has 0 spiro atoms. The van der Waals surface area contributed by atoms with E-state index in [0.29, 0.717) is 0 Å². The monoisotopic (exact) mass is 154 g/mol. The van der Waals surface area contributed by atoms with Crippen LogP contribution >= 0.6 is 7.82 Å². The second kappa shape index (κ2) is 3.29. The van der Waals surface area contributed by atoms with Crippen LogP contribution in [0.1, 0.15) is 0 Å². The van der Waals surface area contributed by atoms with Gasteiger partial charge in [0.15, 0.2) is 0 Å². The van der Waals surface area contributed by atoms with E-state index in [1.54, 1.807) is 0 Å². The molecule has 0 radical (unpaired) electrons. The lowest BCUT2D eigenvalue weighted by Crippen LogP contribution is -2.01. The van der Waals surface area contributed by atoms with Gasteiger partial charge >= 0.3 is 7.82 Å². The largest absolute Gasteiger partial charge is 0.508 e. The van der Waals surface area contributed by atoms with Crippen LogP contribution < -0.4 is 5.59 Å². The van der Waals surface area contributed by atoms with Crippen LogP contribution in [0.3, 0.4) is 0 Å². The van der Waals surface area contributed by atoms with Crippen molar-refractivity contribution in [3.63, 3.8) is 0 Å². The molecule has 0 aromatic rings. The van der Waals surface area contributed by atoms with Crippen molar-refractivity contribution in [1.29, 1.82) is 0 Å². The van der Waals surface area contributed by atoms with Gasteiger partial charge < -0.3 is 9.79 Å². The minimum absolute atomic E-state index is 1.32. The summed E-state index contributed by atoms with van der Waals surface area (Å²) in [6.07, 6.45) is 0. The summed E-state index contributed by atoms with van der Waals surface area (Å²) >= 11 is 0. The van der Waals surface area contributed by atoms with Crippen molar-refractivity contribution in [2.45, 2.75) is 0 Å². The molecule has 9 heteroatoms. The molecular weight excluding hydrogens is 151 g/mol. The van der Waals surface area contributed by atoms with Gasteiger partial charge in [0.2, 0.25) is 0 Å². The zero-order valence-electron chi connectivity index (χ0n) is 4.00. The summed E-state index contributed by atoms with van der Waals surface area (Å²) < 4.78 is 13.2. The molecule has 0 bridgehead atoms. The maximum atomic E-state index is 9.73. The number of phosphoric acid groups is 1. The average Bonchev–Trinajstić information content (AvgIpc) is 1.63. The van der Waals surface area contributed by atoms with Crippen molar-refractivity contribution < 1.29 is 19.0 Å². The standard InChI is InChI=1S/H3N4O4P/c1-2-3-4-8-9(5,6)7/h4H,(H2,5,6,7). The quantitative estimate of drug-likeness (QED) is 0.171. The van der Waals surface area contributed by atoms with E-state index >= 15 is 0 Å². The summed E-state index contributed by atoms with van der Waals surface area (Å²) in [6, 6.07) is 0. The highest BCUT2D eigenvalue weighted by atomic mass is 31.2. The van der Waals surface area contributed by atoms with Gasteiger partial charge in [-0.1, -0.05) is 4.62 Å². The number of azide groups is 1. The minimum atomic E-state index is -4.57. The molecule has 52 valence electrons. The normalized spacial score (nSPS) is 10.0. The van der Waals surface area contributed by atoms with E-state index in [9.17, 15) is 4.57 Å². The highest BCUT2D eigenvalue weighted by Crippen LogP contribution is 2.33. The van der Waals surface area contributed by atoms with Gasteiger partial charge in [-0.3, -0.25) is 0 Å². The molecule has 9 heavy (non-hydrogen) atoms. The van der Waals surface area contributed by atoms with Crippen LogP contribution in [0, 0.1) is 0 Å². The van der Waals surface area contributed by atoms with Gasteiger partial charge in [-0.15, -0.1) is 11.1 Å². The Balaban J connectivity index is 3.52. The van der Waals surface area contributed by atoms with Crippen LogP contribution in [0.2, 0.25) is 0 Å². The molecule has 0 amide bonds. The summed E-state index contributed by atoms with van der Waals surface area (Å²) in [5, 5.41) is 2.47. The Bertz CT molecular complexity index is 163. The first-order valence-electron chi connectivity index (χ1n) is 1.59. The number of hydrogen-bond acceptors (Lipinski definition) is 3. The van der Waals surface area contributed by atoms with Gasteiger partial charge in [-0.25, -0.2) is 4.57 Å². The second-order valence-corrected chi connectivity index (χ2v) is 2.03.